The number of aliphatic hydroxyl groups is 3. The molecule has 7 heteroatoms. The lowest BCUT2D eigenvalue weighted by molar-refractivity contribution is -0.144. The molecule has 1 aliphatic heterocycles. The van der Waals surface area contributed by atoms with Crippen molar-refractivity contribution in [2.24, 2.45) is 0 Å². The molecule has 5 unspecified atom stereocenters. The number of esters is 1. The summed E-state index contributed by atoms with van der Waals surface area (Å²) in [5.74, 6) is -0.758. The smallest absolute Gasteiger partial charge is 0.326 e. The fourth-order valence-corrected chi connectivity index (χ4v) is 1.71. The van der Waals surface area contributed by atoms with E-state index >= 15 is 0 Å². The number of aliphatic hydroxyl groups excluding tert-OH is 3. The van der Waals surface area contributed by atoms with E-state index in [4.69, 9.17) is 21.4 Å². The van der Waals surface area contributed by atoms with Crippen LogP contribution in [0, 0.1) is 0 Å². The van der Waals surface area contributed by atoms with Crippen molar-refractivity contribution in [1.29, 1.82) is 0 Å². The minimum Gasteiger partial charge on any atom is -0.468 e. The first-order valence-electron chi connectivity index (χ1n) is 4.37. The summed E-state index contributed by atoms with van der Waals surface area (Å²) >= 11 is 5.67. The summed E-state index contributed by atoms with van der Waals surface area (Å²) in [5.41, 5.74) is 0. The van der Waals surface area contributed by atoms with Gasteiger partial charge in [0.2, 0.25) is 0 Å². The minimum absolute atomic E-state index is 0.459. The van der Waals surface area contributed by atoms with Crippen molar-refractivity contribution in [3.8, 4) is 0 Å². The van der Waals surface area contributed by atoms with Crippen LogP contribution >= 0.6 is 11.6 Å². The normalized spacial score (nSPS) is 37.7. The fourth-order valence-electron chi connectivity index (χ4n) is 1.42. The van der Waals surface area contributed by atoms with Crippen molar-refractivity contribution < 1.29 is 29.6 Å². The molecule has 5 atom stereocenters. The summed E-state index contributed by atoms with van der Waals surface area (Å²) in [5, 5.41) is 26.5. The van der Waals surface area contributed by atoms with Gasteiger partial charge in [0.05, 0.1) is 13.7 Å². The number of carbonyl (C=O) groups is 1. The molecule has 1 rings (SSSR count). The number of hydrogen-bond acceptors (Lipinski definition) is 6. The molecule has 0 bridgehead atoms. The van der Waals surface area contributed by atoms with Gasteiger partial charge < -0.3 is 24.8 Å². The van der Waals surface area contributed by atoms with E-state index in [1.165, 1.54) is 0 Å². The van der Waals surface area contributed by atoms with Gasteiger partial charge in [-0.05, 0) is 0 Å². The number of carbonyl (C=O) groups excluding carboxylic acids is 1. The molecule has 0 saturated carbocycles. The van der Waals surface area contributed by atoms with Crippen LogP contribution in [0.4, 0.5) is 0 Å². The second-order valence-electron chi connectivity index (χ2n) is 3.23. The first-order valence-corrected chi connectivity index (χ1v) is 4.81. The van der Waals surface area contributed by atoms with Gasteiger partial charge in [-0.15, -0.1) is 11.6 Å². The van der Waals surface area contributed by atoms with Gasteiger partial charge in [-0.25, -0.2) is 0 Å². The lowest BCUT2D eigenvalue weighted by Crippen LogP contribution is -2.40. The lowest BCUT2D eigenvalue weighted by Gasteiger charge is -2.18. The van der Waals surface area contributed by atoms with Crippen molar-refractivity contribution in [3.05, 3.63) is 0 Å². The summed E-state index contributed by atoms with van der Waals surface area (Å²) in [7, 11) is 1.15. The molecule has 3 N–H and O–H groups in total. The van der Waals surface area contributed by atoms with E-state index in [9.17, 15) is 15.0 Å². The summed E-state index contributed by atoms with van der Waals surface area (Å²) < 4.78 is 9.41. The van der Waals surface area contributed by atoms with Crippen LogP contribution in [0.3, 0.4) is 0 Å². The zero-order chi connectivity index (χ0) is 11.6. The van der Waals surface area contributed by atoms with Gasteiger partial charge in [0.25, 0.3) is 0 Å². The second kappa shape index (κ2) is 5.09. The highest BCUT2D eigenvalue weighted by Crippen LogP contribution is 2.26. The SMILES string of the molecule is COC(=O)C(Cl)C1OC(CO)C(O)C1O. The van der Waals surface area contributed by atoms with Crippen LogP contribution in [0.5, 0.6) is 0 Å². The minimum atomic E-state index is -1.32. The quantitative estimate of drug-likeness (QED) is 0.400. The Balaban J connectivity index is 2.68. The highest BCUT2D eigenvalue weighted by atomic mass is 35.5. The van der Waals surface area contributed by atoms with Crippen molar-refractivity contribution >= 4 is 17.6 Å². The molecule has 1 aliphatic rings. The molecule has 0 amide bonds. The van der Waals surface area contributed by atoms with Crippen LogP contribution in [0.25, 0.3) is 0 Å². The molecule has 88 valence electrons. The molecule has 0 aromatic rings. The van der Waals surface area contributed by atoms with Crippen molar-refractivity contribution in [3.63, 3.8) is 0 Å². The first kappa shape index (κ1) is 12.7. The van der Waals surface area contributed by atoms with Crippen molar-refractivity contribution in [2.75, 3.05) is 13.7 Å². The van der Waals surface area contributed by atoms with Crippen LogP contribution in [0.1, 0.15) is 0 Å². The Bertz CT molecular complexity index is 235. The third-order valence-electron chi connectivity index (χ3n) is 2.29. The van der Waals surface area contributed by atoms with Gasteiger partial charge in [0.15, 0.2) is 5.38 Å². The van der Waals surface area contributed by atoms with E-state index in [1.807, 2.05) is 0 Å². The summed E-state index contributed by atoms with van der Waals surface area (Å²) in [4.78, 5) is 11.1. The van der Waals surface area contributed by atoms with Gasteiger partial charge in [0, 0.05) is 0 Å². The van der Waals surface area contributed by atoms with E-state index in [-0.39, 0.29) is 0 Å². The highest BCUT2D eigenvalue weighted by molar-refractivity contribution is 6.30. The molecule has 1 fully saturated rings. The van der Waals surface area contributed by atoms with E-state index in [2.05, 4.69) is 4.74 Å². The highest BCUT2D eigenvalue weighted by Gasteiger charge is 2.47. The van der Waals surface area contributed by atoms with Crippen LogP contribution in [0.15, 0.2) is 0 Å². The Kier molecular flexibility index (Phi) is 4.30. The fraction of sp³-hybridized carbons (Fsp3) is 0.875. The lowest BCUT2D eigenvalue weighted by atomic mass is 10.1. The van der Waals surface area contributed by atoms with Crippen LogP contribution in [0.2, 0.25) is 0 Å². The summed E-state index contributed by atoms with van der Waals surface area (Å²) in [6.07, 6.45) is -4.59. The maximum Gasteiger partial charge on any atom is 0.326 e. The Labute approximate surface area is 91.4 Å². The average Bonchev–Trinajstić information content (AvgIpc) is 2.54. The first-order chi connectivity index (χ1) is 7.02. The average molecular weight is 241 g/mol. The van der Waals surface area contributed by atoms with Crippen molar-refractivity contribution in [2.45, 2.75) is 29.8 Å². The Morgan fingerprint density at radius 2 is 2.13 bits per heavy atom. The van der Waals surface area contributed by atoms with Gasteiger partial charge in [0.1, 0.15) is 24.4 Å². The van der Waals surface area contributed by atoms with Crippen molar-refractivity contribution in [1.82, 2.24) is 0 Å². The molecule has 0 aliphatic carbocycles. The largest absolute Gasteiger partial charge is 0.468 e. The third kappa shape index (κ3) is 2.40. The molecule has 6 nitrogen and oxygen atoms in total. The van der Waals surface area contributed by atoms with E-state index in [0.29, 0.717) is 0 Å². The number of ether oxygens (including phenoxy) is 2. The molecular weight excluding hydrogens is 228 g/mol. The van der Waals surface area contributed by atoms with Gasteiger partial charge in [-0.1, -0.05) is 0 Å². The predicted octanol–water partition coefficient (Wildman–Crippen LogP) is -1.75. The molecule has 0 radical (unpaired) electrons. The van der Waals surface area contributed by atoms with Gasteiger partial charge >= 0.3 is 5.97 Å². The van der Waals surface area contributed by atoms with E-state index in [1.54, 1.807) is 0 Å². The third-order valence-corrected chi connectivity index (χ3v) is 2.72. The maximum atomic E-state index is 11.1. The maximum absolute atomic E-state index is 11.1. The van der Waals surface area contributed by atoms with Gasteiger partial charge in [-0.3, -0.25) is 4.79 Å². The summed E-state index contributed by atoms with van der Waals surface area (Å²) in [6.45, 7) is -0.459. The predicted molar refractivity (Wildman–Crippen MR) is 49.4 cm³/mol. The standard InChI is InChI=1S/C8H13ClO6/c1-14-8(13)4(9)7-6(12)5(11)3(2-10)15-7/h3-7,10-12H,2H2,1H3. The second-order valence-corrected chi connectivity index (χ2v) is 3.70. The molecule has 1 saturated heterocycles. The number of methoxy groups -OCH3 is 1. The van der Waals surface area contributed by atoms with Crippen LogP contribution < -0.4 is 0 Å². The van der Waals surface area contributed by atoms with Gasteiger partial charge in [-0.2, -0.15) is 0 Å². The van der Waals surface area contributed by atoms with Crippen LogP contribution in [-0.4, -0.2) is 64.8 Å². The number of rotatable bonds is 3. The monoisotopic (exact) mass is 240 g/mol. The Morgan fingerprint density at radius 3 is 2.53 bits per heavy atom. The molecule has 0 spiro atoms. The number of halogens is 1. The Hall–Kier alpha value is -0.400. The zero-order valence-corrected chi connectivity index (χ0v) is 8.79. The number of alkyl halides is 1. The topological polar surface area (TPSA) is 96.2 Å². The molecule has 1 heterocycles. The Morgan fingerprint density at radius 1 is 1.53 bits per heavy atom. The number of hydrogen-bond donors (Lipinski definition) is 3. The zero-order valence-electron chi connectivity index (χ0n) is 8.04. The molecule has 15 heavy (non-hydrogen) atoms. The van der Waals surface area contributed by atoms with Crippen LogP contribution in [-0.2, 0) is 14.3 Å². The molecule has 0 aromatic heterocycles. The molecule has 0 aromatic carbocycles. The molecular formula is C8H13ClO6. The van der Waals surface area contributed by atoms with E-state index < -0.39 is 42.4 Å². The summed E-state index contributed by atoms with van der Waals surface area (Å²) in [6, 6.07) is 0. The van der Waals surface area contributed by atoms with E-state index in [0.717, 1.165) is 7.11 Å².